The van der Waals surface area contributed by atoms with E-state index in [0.29, 0.717) is 30.1 Å². The minimum absolute atomic E-state index is 0.131. The summed E-state index contributed by atoms with van der Waals surface area (Å²) in [6, 6.07) is 17.1. The van der Waals surface area contributed by atoms with Crippen LogP contribution in [0.5, 0.6) is 5.88 Å². The number of fused-ring (bicyclic) bond motifs is 1. The highest BCUT2D eigenvalue weighted by atomic mass is 19.1. The van der Waals surface area contributed by atoms with E-state index >= 15 is 0 Å². The normalized spacial score (nSPS) is 17.6. The molecule has 0 aliphatic carbocycles. The number of ether oxygens (including phenoxy) is 2. The summed E-state index contributed by atoms with van der Waals surface area (Å²) in [7, 11) is 2.11. The average molecular weight is 547 g/mol. The van der Waals surface area contributed by atoms with Crippen LogP contribution in [0.4, 0.5) is 14.9 Å². The number of halogens is 1. The molecule has 1 saturated heterocycles. The molecule has 2 aliphatic heterocycles. The molecule has 40 heavy (non-hydrogen) atoms. The second-order valence-corrected chi connectivity index (χ2v) is 10.7. The van der Waals surface area contributed by atoms with Crippen molar-refractivity contribution in [2.75, 3.05) is 38.2 Å². The highest BCUT2D eigenvalue weighted by Crippen LogP contribution is 2.35. The van der Waals surface area contributed by atoms with Gasteiger partial charge >= 0.3 is 6.09 Å². The van der Waals surface area contributed by atoms with Crippen LogP contribution in [-0.4, -0.2) is 61.2 Å². The first-order valence-electron chi connectivity index (χ1n) is 13.7. The van der Waals surface area contributed by atoms with Crippen LogP contribution in [0.25, 0.3) is 0 Å². The van der Waals surface area contributed by atoms with Gasteiger partial charge in [-0.2, -0.15) is 0 Å². The maximum atomic E-state index is 13.6. The molecule has 210 valence electrons. The third-order valence-corrected chi connectivity index (χ3v) is 7.52. The molecule has 3 heterocycles. The lowest BCUT2D eigenvalue weighted by molar-refractivity contribution is 0.0931. The zero-order valence-corrected chi connectivity index (χ0v) is 22.9. The number of nitrogens with zero attached hydrogens (tertiary/aromatic N) is 3. The summed E-state index contributed by atoms with van der Waals surface area (Å²) in [6.07, 6.45) is 1.86. The van der Waals surface area contributed by atoms with Gasteiger partial charge in [-0.1, -0.05) is 42.5 Å². The summed E-state index contributed by atoms with van der Waals surface area (Å²) in [4.78, 5) is 35.1. The Hall–Kier alpha value is -3.98. The number of amides is 2. The Bertz CT molecular complexity index is 1330. The number of anilines is 1. The lowest BCUT2D eigenvalue weighted by atomic mass is 9.97. The van der Waals surface area contributed by atoms with Crippen molar-refractivity contribution in [3.8, 4) is 5.88 Å². The summed E-state index contributed by atoms with van der Waals surface area (Å²) in [5.74, 6) is -0.00963. The quantitative estimate of drug-likeness (QED) is 0.458. The minimum atomic E-state index is -0.519. The standard InChI is InChI=1S/C31H35FN4O4/c1-21-19-39-30-27(36(21)31(38)40-20-24-6-4-3-5-7-24)17-25(16-22-8-10-26(32)11-9-22)28(34-30)29(37)33-18-23-12-14-35(2)15-13-23/h3-11,17,21,23H,12-16,18-20H2,1-2H3,(H,33,37)/t21-/m0/s1. The predicted octanol–water partition coefficient (Wildman–Crippen LogP) is 4.81. The molecule has 2 amide bonds. The molecule has 9 heteroatoms. The molecule has 1 N–H and O–H groups in total. The van der Waals surface area contributed by atoms with Gasteiger partial charge in [0.25, 0.3) is 5.91 Å². The zero-order chi connectivity index (χ0) is 28.1. The van der Waals surface area contributed by atoms with Crippen LogP contribution in [0.3, 0.4) is 0 Å². The van der Waals surface area contributed by atoms with Gasteiger partial charge in [0.05, 0.1) is 6.04 Å². The molecule has 0 unspecified atom stereocenters. The number of benzene rings is 2. The number of hydrogen-bond donors (Lipinski definition) is 1. The molecule has 8 nitrogen and oxygen atoms in total. The third kappa shape index (κ3) is 6.59. The Morgan fingerprint density at radius 2 is 1.80 bits per heavy atom. The van der Waals surface area contributed by atoms with E-state index in [-0.39, 0.29) is 42.6 Å². The van der Waals surface area contributed by atoms with Gasteiger partial charge in [0, 0.05) is 6.54 Å². The fourth-order valence-corrected chi connectivity index (χ4v) is 5.12. The Kier molecular flexibility index (Phi) is 8.60. The lowest BCUT2D eigenvalue weighted by Crippen LogP contribution is -2.46. The second-order valence-electron chi connectivity index (χ2n) is 10.7. The summed E-state index contributed by atoms with van der Waals surface area (Å²) < 4.78 is 25.1. The van der Waals surface area contributed by atoms with E-state index in [1.165, 1.54) is 17.0 Å². The average Bonchev–Trinajstić information content (AvgIpc) is 2.97. The third-order valence-electron chi connectivity index (χ3n) is 7.52. The van der Waals surface area contributed by atoms with Crippen molar-refractivity contribution in [2.45, 2.75) is 38.8 Å². The van der Waals surface area contributed by atoms with Crippen LogP contribution in [0.2, 0.25) is 0 Å². The maximum Gasteiger partial charge on any atom is 0.415 e. The second kappa shape index (κ2) is 12.5. The van der Waals surface area contributed by atoms with E-state index < -0.39 is 6.09 Å². The van der Waals surface area contributed by atoms with Gasteiger partial charge in [-0.15, -0.1) is 0 Å². The first kappa shape index (κ1) is 27.6. The molecular weight excluding hydrogens is 511 g/mol. The van der Waals surface area contributed by atoms with Crippen LogP contribution >= 0.6 is 0 Å². The zero-order valence-electron chi connectivity index (χ0n) is 22.9. The van der Waals surface area contributed by atoms with Gasteiger partial charge in [0.2, 0.25) is 5.88 Å². The molecule has 2 aliphatic rings. The van der Waals surface area contributed by atoms with Gasteiger partial charge in [0.15, 0.2) is 0 Å². The Labute approximate surface area is 234 Å². The first-order chi connectivity index (χ1) is 19.4. The number of carbonyl (C=O) groups excluding carboxylic acids is 2. The van der Waals surface area contributed by atoms with E-state index in [4.69, 9.17) is 9.47 Å². The molecule has 0 saturated carbocycles. The Morgan fingerprint density at radius 3 is 2.52 bits per heavy atom. The van der Waals surface area contributed by atoms with Gasteiger partial charge in [-0.3, -0.25) is 9.69 Å². The summed E-state index contributed by atoms with van der Waals surface area (Å²) in [6.45, 7) is 4.80. The molecule has 2 aromatic carbocycles. The molecule has 5 rings (SSSR count). The van der Waals surface area contributed by atoms with Crippen molar-refractivity contribution >= 4 is 17.7 Å². The van der Waals surface area contributed by atoms with Gasteiger partial charge < -0.3 is 19.7 Å². The molecule has 0 bridgehead atoms. The van der Waals surface area contributed by atoms with Gasteiger partial charge in [-0.25, -0.2) is 14.2 Å². The number of nitrogens with one attached hydrogen (secondary N) is 1. The largest absolute Gasteiger partial charge is 0.474 e. The highest BCUT2D eigenvalue weighted by Gasteiger charge is 2.34. The Morgan fingerprint density at radius 1 is 1.07 bits per heavy atom. The Balaban J connectivity index is 1.41. The molecule has 1 atom stereocenters. The SMILES string of the molecule is C[C@H]1COc2nc(C(=O)NCC3CCN(C)CC3)c(Cc3ccc(F)cc3)cc2N1C(=O)OCc1ccccc1. The lowest BCUT2D eigenvalue weighted by Gasteiger charge is -2.34. The molecule has 1 fully saturated rings. The van der Waals surface area contributed by atoms with Crippen molar-refractivity contribution in [3.63, 3.8) is 0 Å². The van der Waals surface area contributed by atoms with Crippen molar-refractivity contribution in [2.24, 2.45) is 5.92 Å². The number of hydrogen-bond acceptors (Lipinski definition) is 6. The van der Waals surface area contributed by atoms with Crippen molar-refractivity contribution in [3.05, 3.63) is 88.9 Å². The highest BCUT2D eigenvalue weighted by molar-refractivity contribution is 5.96. The van der Waals surface area contributed by atoms with Crippen molar-refractivity contribution in [1.29, 1.82) is 0 Å². The first-order valence-corrected chi connectivity index (χ1v) is 13.7. The van der Waals surface area contributed by atoms with Crippen LogP contribution in [0, 0.1) is 11.7 Å². The fraction of sp³-hybridized carbons (Fsp3) is 0.387. The van der Waals surface area contributed by atoms with E-state index in [0.717, 1.165) is 37.1 Å². The van der Waals surface area contributed by atoms with Crippen LogP contribution in [0.15, 0.2) is 60.7 Å². The van der Waals surface area contributed by atoms with E-state index in [9.17, 15) is 14.0 Å². The number of piperidine rings is 1. The summed E-state index contributed by atoms with van der Waals surface area (Å²) >= 11 is 0. The van der Waals surface area contributed by atoms with Crippen molar-refractivity contribution < 1.29 is 23.5 Å². The van der Waals surface area contributed by atoms with Crippen molar-refractivity contribution in [1.82, 2.24) is 15.2 Å². The van der Waals surface area contributed by atoms with E-state index in [2.05, 4.69) is 22.2 Å². The molecular formula is C31H35FN4O4. The summed E-state index contributed by atoms with van der Waals surface area (Å²) in [5, 5.41) is 3.07. The minimum Gasteiger partial charge on any atom is -0.474 e. The molecule has 3 aromatic rings. The van der Waals surface area contributed by atoms with Crippen LogP contribution in [0.1, 0.15) is 46.9 Å². The molecule has 0 spiro atoms. The smallest absolute Gasteiger partial charge is 0.415 e. The predicted molar refractivity (Wildman–Crippen MR) is 150 cm³/mol. The number of pyridine rings is 1. The maximum absolute atomic E-state index is 13.6. The van der Waals surface area contributed by atoms with Crippen LogP contribution in [-0.2, 0) is 17.8 Å². The topological polar surface area (TPSA) is 84.0 Å². The number of rotatable bonds is 7. The number of carbonyl (C=O) groups is 2. The van der Waals surface area contributed by atoms with Crippen LogP contribution < -0.4 is 15.0 Å². The number of aromatic nitrogens is 1. The van der Waals surface area contributed by atoms with E-state index in [1.54, 1.807) is 18.2 Å². The van der Waals surface area contributed by atoms with Gasteiger partial charge in [-0.05, 0) is 87.1 Å². The van der Waals surface area contributed by atoms with E-state index in [1.807, 2.05) is 37.3 Å². The van der Waals surface area contributed by atoms with Gasteiger partial charge in [0.1, 0.15) is 30.4 Å². The molecule has 1 aromatic heterocycles. The molecule has 0 radical (unpaired) electrons. The summed E-state index contributed by atoms with van der Waals surface area (Å²) in [5.41, 5.74) is 2.99. The number of likely N-dealkylation sites (tertiary alicyclic amines) is 1. The fourth-order valence-electron chi connectivity index (χ4n) is 5.12. The monoisotopic (exact) mass is 546 g/mol.